The van der Waals surface area contributed by atoms with E-state index >= 15 is 0 Å². The Kier molecular flexibility index (Phi) is 5.62. The van der Waals surface area contributed by atoms with Crippen LogP contribution in [0.25, 0.3) is 11.0 Å². The summed E-state index contributed by atoms with van der Waals surface area (Å²) in [6.45, 7) is 0. The molecule has 0 saturated heterocycles. The molecule has 4 aromatic rings. The Balaban J connectivity index is 1.69. The van der Waals surface area contributed by atoms with Gasteiger partial charge in [-0.1, -0.05) is 48.5 Å². The van der Waals surface area contributed by atoms with Gasteiger partial charge < -0.3 is 13.9 Å². The number of para-hydroxylation sites is 1. The smallest absolute Gasteiger partial charge is 0.351 e. The average molecular weight is 414 g/mol. The van der Waals surface area contributed by atoms with E-state index < -0.39 is 23.5 Å². The van der Waals surface area contributed by atoms with Crippen molar-refractivity contribution in [2.24, 2.45) is 0 Å². The monoisotopic (exact) mass is 414 g/mol. The first-order chi connectivity index (χ1) is 15.1. The number of Topliss-reactive ketones (excluding diaryl/α,β-unsaturated/α-hetero) is 1. The molecule has 0 aliphatic heterocycles. The lowest BCUT2D eigenvalue weighted by molar-refractivity contribution is 0.0276. The van der Waals surface area contributed by atoms with Gasteiger partial charge in [0.1, 0.15) is 16.9 Å². The quantitative estimate of drug-likeness (QED) is 0.261. The van der Waals surface area contributed by atoms with E-state index in [-0.39, 0.29) is 5.56 Å². The van der Waals surface area contributed by atoms with Crippen molar-refractivity contribution in [3.05, 3.63) is 112 Å². The fourth-order valence-electron chi connectivity index (χ4n) is 3.18. The van der Waals surface area contributed by atoms with E-state index in [1.165, 1.54) is 13.2 Å². The summed E-state index contributed by atoms with van der Waals surface area (Å²) in [6.07, 6.45) is -1.23. The molecule has 1 heterocycles. The first kappa shape index (κ1) is 20.1. The summed E-state index contributed by atoms with van der Waals surface area (Å²) >= 11 is 0. The first-order valence-corrected chi connectivity index (χ1v) is 9.54. The lowest BCUT2D eigenvalue weighted by atomic mass is 9.99. The molecule has 1 aromatic heterocycles. The fraction of sp³-hybridized carbons (Fsp3) is 0.0800. The van der Waals surface area contributed by atoms with Gasteiger partial charge in [0, 0.05) is 16.5 Å². The minimum Gasteiger partial charge on any atom is -0.497 e. The maximum absolute atomic E-state index is 13.2. The Bertz CT molecular complexity index is 1290. The molecule has 0 saturated carbocycles. The second kappa shape index (κ2) is 8.67. The van der Waals surface area contributed by atoms with Gasteiger partial charge in [-0.05, 0) is 36.4 Å². The highest BCUT2D eigenvalue weighted by atomic mass is 16.5. The molecule has 0 aliphatic carbocycles. The average Bonchev–Trinajstić information content (AvgIpc) is 2.82. The number of esters is 1. The molecule has 0 aliphatic rings. The van der Waals surface area contributed by atoms with Crippen molar-refractivity contribution in [2.75, 3.05) is 7.11 Å². The van der Waals surface area contributed by atoms with Gasteiger partial charge in [-0.15, -0.1) is 0 Å². The SMILES string of the molecule is COc1ccc(C(=O)[C@H](OC(=O)c2cc3ccccc3oc2=O)c2ccccc2)cc1. The molecule has 3 aromatic carbocycles. The third-order valence-electron chi connectivity index (χ3n) is 4.80. The van der Waals surface area contributed by atoms with Gasteiger partial charge in [0.05, 0.1) is 7.11 Å². The van der Waals surface area contributed by atoms with E-state index in [2.05, 4.69) is 0 Å². The fourth-order valence-corrected chi connectivity index (χ4v) is 3.18. The molecule has 0 unspecified atom stereocenters. The summed E-state index contributed by atoms with van der Waals surface area (Å²) in [6, 6.07) is 23.3. The van der Waals surface area contributed by atoms with Crippen LogP contribution in [0.15, 0.2) is 94.1 Å². The largest absolute Gasteiger partial charge is 0.497 e. The van der Waals surface area contributed by atoms with Crippen molar-refractivity contribution in [2.45, 2.75) is 6.10 Å². The van der Waals surface area contributed by atoms with Gasteiger partial charge in [-0.3, -0.25) is 4.79 Å². The number of rotatable bonds is 6. The molecule has 6 heteroatoms. The van der Waals surface area contributed by atoms with Crippen LogP contribution in [0.5, 0.6) is 5.75 Å². The van der Waals surface area contributed by atoms with Crippen LogP contribution < -0.4 is 10.4 Å². The zero-order chi connectivity index (χ0) is 21.8. The number of hydrogen-bond donors (Lipinski definition) is 0. The zero-order valence-corrected chi connectivity index (χ0v) is 16.6. The van der Waals surface area contributed by atoms with Gasteiger partial charge in [0.25, 0.3) is 0 Å². The number of carbonyl (C=O) groups is 2. The van der Waals surface area contributed by atoms with Crippen LogP contribution in [0.3, 0.4) is 0 Å². The Morgan fingerprint density at radius 3 is 2.26 bits per heavy atom. The first-order valence-electron chi connectivity index (χ1n) is 9.54. The molecular weight excluding hydrogens is 396 g/mol. The predicted molar refractivity (Wildman–Crippen MR) is 114 cm³/mol. The Hall–Kier alpha value is -4.19. The molecule has 6 nitrogen and oxygen atoms in total. The lowest BCUT2D eigenvalue weighted by Gasteiger charge is -2.17. The molecule has 0 amide bonds. The predicted octanol–water partition coefficient (Wildman–Crippen LogP) is 4.58. The maximum Gasteiger partial charge on any atom is 0.351 e. The number of methoxy groups -OCH3 is 1. The molecule has 0 radical (unpaired) electrons. The van der Waals surface area contributed by atoms with Crippen molar-refractivity contribution in [1.29, 1.82) is 0 Å². The summed E-state index contributed by atoms with van der Waals surface area (Å²) in [5.41, 5.74) is 0.0855. The topological polar surface area (TPSA) is 82.8 Å². The molecule has 4 rings (SSSR count). The van der Waals surface area contributed by atoms with Crippen LogP contribution in [-0.2, 0) is 4.74 Å². The molecule has 0 N–H and O–H groups in total. The second-order valence-electron chi connectivity index (χ2n) is 6.77. The standard InChI is InChI=1S/C25H18O6/c1-29-19-13-11-16(12-14-19)22(26)23(17-7-3-2-4-8-17)31-25(28)20-15-18-9-5-6-10-21(18)30-24(20)27/h2-15,23H,1H3/t23-/m1/s1. The van der Waals surface area contributed by atoms with Crippen LogP contribution in [0, 0.1) is 0 Å². The van der Waals surface area contributed by atoms with E-state index in [4.69, 9.17) is 13.9 Å². The molecule has 154 valence electrons. The Morgan fingerprint density at radius 1 is 0.871 bits per heavy atom. The third kappa shape index (κ3) is 4.23. The van der Waals surface area contributed by atoms with Gasteiger partial charge in [-0.25, -0.2) is 9.59 Å². The normalized spacial score (nSPS) is 11.6. The summed E-state index contributed by atoms with van der Waals surface area (Å²) in [4.78, 5) is 38.4. The van der Waals surface area contributed by atoms with Crippen LogP contribution in [0.4, 0.5) is 0 Å². The van der Waals surface area contributed by atoms with Crippen molar-refractivity contribution in [3.63, 3.8) is 0 Å². The third-order valence-corrected chi connectivity index (χ3v) is 4.80. The molecule has 0 spiro atoms. The minimum atomic E-state index is -1.23. The van der Waals surface area contributed by atoms with E-state index in [1.54, 1.807) is 78.9 Å². The molecule has 31 heavy (non-hydrogen) atoms. The molecule has 0 fully saturated rings. The van der Waals surface area contributed by atoms with Gasteiger partial charge >= 0.3 is 11.6 Å². The number of ketones is 1. The van der Waals surface area contributed by atoms with E-state index in [0.29, 0.717) is 27.8 Å². The van der Waals surface area contributed by atoms with Crippen molar-refractivity contribution >= 4 is 22.7 Å². The van der Waals surface area contributed by atoms with E-state index in [9.17, 15) is 14.4 Å². The Morgan fingerprint density at radius 2 is 1.55 bits per heavy atom. The summed E-state index contributed by atoms with van der Waals surface area (Å²) in [5, 5.41) is 0.576. The van der Waals surface area contributed by atoms with Crippen LogP contribution in [-0.4, -0.2) is 18.9 Å². The minimum absolute atomic E-state index is 0.276. The van der Waals surface area contributed by atoms with Crippen LogP contribution in [0.2, 0.25) is 0 Å². The van der Waals surface area contributed by atoms with Gasteiger partial charge in [0.2, 0.25) is 5.78 Å². The van der Waals surface area contributed by atoms with Crippen LogP contribution >= 0.6 is 0 Å². The van der Waals surface area contributed by atoms with Gasteiger partial charge in [-0.2, -0.15) is 0 Å². The lowest BCUT2D eigenvalue weighted by Crippen LogP contribution is -2.23. The number of fused-ring (bicyclic) bond motifs is 1. The van der Waals surface area contributed by atoms with Gasteiger partial charge in [0.15, 0.2) is 6.10 Å². The number of hydrogen-bond acceptors (Lipinski definition) is 6. The summed E-state index contributed by atoms with van der Waals surface area (Å²) in [5.74, 6) is -0.763. The Labute approximate surface area is 177 Å². The highest BCUT2D eigenvalue weighted by Gasteiger charge is 2.28. The van der Waals surface area contributed by atoms with Crippen molar-refractivity contribution < 1.29 is 23.5 Å². The highest BCUT2D eigenvalue weighted by Crippen LogP contribution is 2.25. The van der Waals surface area contributed by atoms with E-state index in [0.717, 1.165) is 0 Å². The highest BCUT2D eigenvalue weighted by molar-refractivity contribution is 6.02. The molecule has 1 atom stereocenters. The number of ether oxygens (including phenoxy) is 2. The second-order valence-corrected chi connectivity index (χ2v) is 6.77. The van der Waals surface area contributed by atoms with Crippen molar-refractivity contribution in [3.8, 4) is 5.75 Å². The summed E-state index contributed by atoms with van der Waals surface area (Å²) in [7, 11) is 1.53. The van der Waals surface area contributed by atoms with Crippen LogP contribution in [0.1, 0.15) is 32.4 Å². The number of benzene rings is 3. The number of carbonyl (C=O) groups excluding carboxylic acids is 2. The zero-order valence-electron chi connectivity index (χ0n) is 16.6. The molecule has 0 bridgehead atoms. The summed E-state index contributed by atoms with van der Waals surface area (Å²) < 4.78 is 15.9. The maximum atomic E-state index is 13.2. The van der Waals surface area contributed by atoms with Crippen molar-refractivity contribution in [1.82, 2.24) is 0 Å². The van der Waals surface area contributed by atoms with E-state index in [1.807, 2.05) is 0 Å². The molecular formula is C25H18O6.